The van der Waals surface area contributed by atoms with Crippen LogP contribution >= 0.6 is 0 Å². The van der Waals surface area contributed by atoms with E-state index >= 15 is 0 Å². The van der Waals surface area contributed by atoms with Gasteiger partial charge in [-0.15, -0.1) is 0 Å². The number of carbonyl (C=O) groups excluding carboxylic acids is 1. The summed E-state index contributed by atoms with van der Waals surface area (Å²) in [4.78, 5) is 18.8. The van der Waals surface area contributed by atoms with Gasteiger partial charge in [-0.1, -0.05) is 17.3 Å². The Hall–Kier alpha value is -2.28. The summed E-state index contributed by atoms with van der Waals surface area (Å²) >= 11 is 0. The lowest BCUT2D eigenvalue weighted by Gasteiger charge is -2.30. The van der Waals surface area contributed by atoms with Crippen molar-refractivity contribution in [3.8, 4) is 0 Å². The van der Waals surface area contributed by atoms with Crippen molar-refractivity contribution in [2.75, 3.05) is 26.3 Å². The molecule has 0 spiro atoms. The molecule has 1 amide bonds. The fourth-order valence-corrected chi connectivity index (χ4v) is 3.67. The first-order valence-electron chi connectivity index (χ1n) is 9.17. The summed E-state index contributed by atoms with van der Waals surface area (Å²) in [6, 6.07) is 6.11. The number of amides is 1. The zero-order valence-corrected chi connectivity index (χ0v) is 14.6. The fraction of sp³-hybridized carbons (Fsp3) is 0.526. The van der Waals surface area contributed by atoms with Crippen LogP contribution in [0.4, 0.5) is 4.39 Å². The standard InChI is InChI=1S/C19H22FN3O3/c20-16-4-2-1-3-15(16)19(24)23-9-5-14(6-10-23)18-21-17(22-26-18)13-7-11-25-12-8-13/h1-4,13-14H,5-12H2. The molecule has 2 aliphatic heterocycles. The van der Waals surface area contributed by atoms with Crippen molar-refractivity contribution in [2.45, 2.75) is 37.5 Å². The number of hydrogen-bond donors (Lipinski definition) is 0. The van der Waals surface area contributed by atoms with Crippen LogP contribution in [0, 0.1) is 5.82 Å². The third-order valence-corrected chi connectivity index (χ3v) is 5.28. The molecule has 2 aliphatic rings. The molecular weight excluding hydrogens is 337 g/mol. The first-order valence-corrected chi connectivity index (χ1v) is 9.17. The molecule has 26 heavy (non-hydrogen) atoms. The second kappa shape index (κ2) is 7.53. The normalized spacial score (nSPS) is 19.7. The monoisotopic (exact) mass is 359 g/mol. The first-order chi connectivity index (χ1) is 12.7. The number of hydrogen-bond acceptors (Lipinski definition) is 5. The van der Waals surface area contributed by atoms with Crippen LogP contribution in [-0.2, 0) is 4.74 Å². The van der Waals surface area contributed by atoms with E-state index in [4.69, 9.17) is 9.26 Å². The second-order valence-electron chi connectivity index (χ2n) is 6.92. The quantitative estimate of drug-likeness (QED) is 0.842. The molecule has 1 aromatic heterocycles. The zero-order chi connectivity index (χ0) is 17.9. The van der Waals surface area contributed by atoms with Gasteiger partial charge in [0.25, 0.3) is 5.91 Å². The van der Waals surface area contributed by atoms with E-state index in [1.54, 1.807) is 17.0 Å². The molecule has 0 N–H and O–H groups in total. The highest BCUT2D eigenvalue weighted by molar-refractivity contribution is 5.94. The lowest BCUT2D eigenvalue weighted by molar-refractivity contribution is 0.0699. The number of ether oxygens (including phenoxy) is 1. The molecule has 0 saturated carbocycles. The van der Waals surface area contributed by atoms with Gasteiger partial charge in [-0.25, -0.2) is 4.39 Å². The van der Waals surface area contributed by atoms with Crippen molar-refractivity contribution >= 4 is 5.91 Å². The Morgan fingerprint density at radius 2 is 1.81 bits per heavy atom. The summed E-state index contributed by atoms with van der Waals surface area (Å²) in [6.45, 7) is 2.61. The van der Waals surface area contributed by atoms with E-state index in [2.05, 4.69) is 10.1 Å². The van der Waals surface area contributed by atoms with Crippen molar-refractivity contribution in [1.29, 1.82) is 0 Å². The van der Waals surface area contributed by atoms with Crippen molar-refractivity contribution < 1.29 is 18.4 Å². The smallest absolute Gasteiger partial charge is 0.256 e. The van der Waals surface area contributed by atoms with Gasteiger partial charge in [0.2, 0.25) is 5.89 Å². The molecule has 0 unspecified atom stereocenters. The minimum atomic E-state index is -0.474. The topological polar surface area (TPSA) is 68.5 Å². The minimum absolute atomic E-state index is 0.130. The van der Waals surface area contributed by atoms with E-state index in [-0.39, 0.29) is 17.4 Å². The highest BCUT2D eigenvalue weighted by atomic mass is 19.1. The molecule has 3 heterocycles. The molecule has 4 rings (SSSR count). The summed E-state index contributed by atoms with van der Waals surface area (Å²) < 4.78 is 24.7. The third-order valence-electron chi connectivity index (χ3n) is 5.28. The van der Waals surface area contributed by atoms with Crippen molar-refractivity contribution in [3.63, 3.8) is 0 Å². The number of nitrogens with zero attached hydrogens (tertiary/aromatic N) is 3. The van der Waals surface area contributed by atoms with Gasteiger partial charge in [0.1, 0.15) is 5.82 Å². The molecule has 0 aliphatic carbocycles. The molecule has 0 atom stereocenters. The maximum Gasteiger partial charge on any atom is 0.256 e. The predicted octanol–water partition coefficient (Wildman–Crippen LogP) is 3.12. The van der Waals surface area contributed by atoms with E-state index in [9.17, 15) is 9.18 Å². The van der Waals surface area contributed by atoms with E-state index in [1.165, 1.54) is 12.1 Å². The van der Waals surface area contributed by atoms with Crippen molar-refractivity contribution in [2.24, 2.45) is 0 Å². The number of likely N-dealkylation sites (tertiary alicyclic amines) is 1. The molecule has 138 valence electrons. The summed E-state index contributed by atoms with van der Waals surface area (Å²) in [5, 5.41) is 4.16. The van der Waals surface area contributed by atoms with Crippen LogP contribution in [0.2, 0.25) is 0 Å². The second-order valence-corrected chi connectivity index (χ2v) is 6.92. The number of benzene rings is 1. The van der Waals surface area contributed by atoms with Gasteiger partial charge in [0.05, 0.1) is 5.56 Å². The van der Waals surface area contributed by atoms with Crippen LogP contribution < -0.4 is 0 Å². The Kier molecular flexibility index (Phi) is 4.97. The Balaban J connectivity index is 1.37. The van der Waals surface area contributed by atoms with Crippen LogP contribution in [0.25, 0.3) is 0 Å². The maximum atomic E-state index is 13.8. The molecule has 1 aromatic carbocycles. The number of rotatable bonds is 3. The van der Waals surface area contributed by atoms with E-state index in [1.807, 2.05) is 0 Å². The van der Waals surface area contributed by atoms with Gasteiger partial charge < -0.3 is 14.2 Å². The Bertz CT molecular complexity index is 765. The lowest BCUT2D eigenvalue weighted by Crippen LogP contribution is -2.38. The fourth-order valence-electron chi connectivity index (χ4n) is 3.67. The summed E-state index contributed by atoms with van der Waals surface area (Å²) in [5.74, 6) is 1.16. The third kappa shape index (κ3) is 3.49. The van der Waals surface area contributed by atoms with E-state index in [0.717, 1.165) is 44.7 Å². The lowest BCUT2D eigenvalue weighted by atomic mass is 9.95. The molecule has 0 radical (unpaired) electrons. The van der Waals surface area contributed by atoms with Crippen molar-refractivity contribution in [3.05, 3.63) is 47.4 Å². The Morgan fingerprint density at radius 3 is 2.54 bits per heavy atom. The largest absolute Gasteiger partial charge is 0.381 e. The number of halogens is 1. The van der Waals surface area contributed by atoms with Crippen LogP contribution in [0.15, 0.2) is 28.8 Å². The van der Waals surface area contributed by atoms with Crippen LogP contribution in [0.1, 0.15) is 59.6 Å². The predicted molar refractivity (Wildman–Crippen MR) is 91.4 cm³/mol. The summed E-state index contributed by atoms with van der Waals surface area (Å²) in [7, 11) is 0. The molecule has 2 fully saturated rings. The van der Waals surface area contributed by atoms with Crippen molar-refractivity contribution in [1.82, 2.24) is 15.0 Å². The van der Waals surface area contributed by atoms with Gasteiger partial charge in [0.15, 0.2) is 5.82 Å². The van der Waals surface area contributed by atoms with Gasteiger partial charge in [0, 0.05) is 38.1 Å². The van der Waals surface area contributed by atoms with Gasteiger partial charge >= 0.3 is 0 Å². The molecule has 2 saturated heterocycles. The molecule has 0 bridgehead atoms. The number of piperidine rings is 1. The molecule has 6 nitrogen and oxygen atoms in total. The Morgan fingerprint density at radius 1 is 1.08 bits per heavy atom. The summed E-state index contributed by atoms with van der Waals surface area (Å²) in [6.07, 6.45) is 3.34. The molecule has 7 heteroatoms. The van der Waals surface area contributed by atoms with E-state index in [0.29, 0.717) is 24.9 Å². The molecule has 2 aromatic rings. The van der Waals surface area contributed by atoms with E-state index < -0.39 is 5.82 Å². The van der Waals surface area contributed by atoms with Crippen LogP contribution in [-0.4, -0.2) is 47.3 Å². The maximum absolute atomic E-state index is 13.8. The minimum Gasteiger partial charge on any atom is -0.381 e. The van der Waals surface area contributed by atoms with Gasteiger partial charge in [-0.3, -0.25) is 4.79 Å². The first kappa shape index (κ1) is 17.1. The average molecular weight is 359 g/mol. The average Bonchev–Trinajstić information content (AvgIpc) is 3.19. The van der Waals surface area contributed by atoms with Crippen LogP contribution in [0.3, 0.4) is 0 Å². The van der Waals surface area contributed by atoms with Gasteiger partial charge in [-0.05, 0) is 37.8 Å². The number of aromatic nitrogens is 2. The SMILES string of the molecule is O=C(c1ccccc1F)N1CCC(c2nc(C3CCOCC3)no2)CC1. The number of carbonyl (C=O) groups is 1. The molecular formula is C19H22FN3O3. The highest BCUT2D eigenvalue weighted by Crippen LogP contribution is 2.30. The zero-order valence-electron chi connectivity index (χ0n) is 14.6. The highest BCUT2D eigenvalue weighted by Gasteiger charge is 2.30. The Labute approximate surface area is 151 Å². The summed E-state index contributed by atoms with van der Waals surface area (Å²) in [5.41, 5.74) is 0.130. The van der Waals surface area contributed by atoms with Crippen LogP contribution in [0.5, 0.6) is 0 Å². The van der Waals surface area contributed by atoms with Gasteiger partial charge in [-0.2, -0.15) is 4.98 Å².